The molecule has 0 aliphatic carbocycles. The molecule has 2 heterocycles. The Morgan fingerprint density at radius 3 is 3.13 bits per heavy atom. The van der Waals surface area contributed by atoms with Gasteiger partial charge in [-0.1, -0.05) is 0 Å². The molecule has 1 saturated heterocycles. The lowest BCUT2D eigenvalue weighted by atomic mass is 10.2. The molecule has 82 valence electrons. The number of anilines is 2. The molecule has 15 heavy (non-hydrogen) atoms. The fourth-order valence-electron chi connectivity index (χ4n) is 2.19. The zero-order valence-corrected chi connectivity index (χ0v) is 8.98. The summed E-state index contributed by atoms with van der Waals surface area (Å²) < 4.78 is 0. The molecule has 1 aliphatic rings. The Hall–Kier alpha value is -1.29. The van der Waals surface area contributed by atoms with Crippen molar-refractivity contribution in [2.24, 2.45) is 0 Å². The molecule has 0 saturated carbocycles. The molecule has 1 atom stereocenters. The number of pyridine rings is 1. The molecular formula is C11H17N3O. The van der Waals surface area contributed by atoms with E-state index >= 15 is 0 Å². The van der Waals surface area contributed by atoms with Gasteiger partial charge in [0.05, 0.1) is 24.5 Å². The standard InChI is InChI=1S/C11H17N3O/c1-8-5-9(12)6-13-11(8)14-4-2-3-10(14)7-15/h5-6,10,15H,2-4,7,12H2,1H3. The third-order valence-electron chi connectivity index (χ3n) is 2.93. The first-order valence-electron chi connectivity index (χ1n) is 5.32. The first kappa shape index (κ1) is 10.2. The second-order valence-corrected chi connectivity index (χ2v) is 4.08. The number of nitrogens with two attached hydrogens (primary N) is 1. The van der Waals surface area contributed by atoms with Gasteiger partial charge in [0.15, 0.2) is 0 Å². The van der Waals surface area contributed by atoms with Gasteiger partial charge in [0, 0.05) is 6.54 Å². The lowest BCUT2D eigenvalue weighted by Crippen LogP contribution is -2.33. The Bertz CT molecular complexity index is 354. The molecular weight excluding hydrogens is 190 g/mol. The smallest absolute Gasteiger partial charge is 0.131 e. The summed E-state index contributed by atoms with van der Waals surface area (Å²) in [7, 11) is 0. The molecule has 0 aromatic carbocycles. The first-order chi connectivity index (χ1) is 7.22. The van der Waals surface area contributed by atoms with Crippen LogP contribution in [0.1, 0.15) is 18.4 Å². The van der Waals surface area contributed by atoms with Crippen molar-refractivity contribution in [1.29, 1.82) is 0 Å². The lowest BCUT2D eigenvalue weighted by Gasteiger charge is -2.25. The van der Waals surface area contributed by atoms with E-state index in [9.17, 15) is 5.11 Å². The second-order valence-electron chi connectivity index (χ2n) is 4.08. The molecule has 4 nitrogen and oxygen atoms in total. The summed E-state index contributed by atoms with van der Waals surface area (Å²) in [5, 5.41) is 9.25. The van der Waals surface area contributed by atoms with Gasteiger partial charge in [0.2, 0.25) is 0 Å². The highest BCUT2D eigenvalue weighted by molar-refractivity contribution is 5.53. The van der Waals surface area contributed by atoms with Crippen molar-refractivity contribution in [3.8, 4) is 0 Å². The van der Waals surface area contributed by atoms with E-state index in [0.29, 0.717) is 5.69 Å². The van der Waals surface area contributed by atoms with E-state index in [1.54, 1.807) is 6.20 Å². The van der Waals surface area contributed by atoms with Crippen LogP contribution < -0.4 is 10.6 Å². The molecule has 3 N–H and O–H groups in total. The van der Waals surface area contributed by atoms with Gasteiger partial charge in [-0.05, 0) is 31.4 Å². The predicted octanol–water partition coefficient (Wildman–Crippen LogP) is 0.933. The van der Waals surface area contributed by atoms with Crippen molar-refractivity contribution in [2.45, 2.75) is 25.8 Å². The van der Waals surface area contributed by atoms with Crippen molar-refractivity contribution in [1.82, 2.24) is 4.98 Å². The number of aliphatic hydroxyl groups excluding tert-OH is 1. The van der Waals surface area contributed by atoms with Crippen LogP contribution in [0.3, 0.4) is 0 Å². The minimum Gasteiger partial charge on any atom is -0.397 e. The van der Waals surface area contributed by atoms with Gasteiger partial charge in [-0.2, -0.15) is 0 Å². The van der Waals surface area contributed by atoms with E-state index in [0.717, 1.165) is 30.8 Å². The normalized spacial score (nSPS) is 20.9. The van der Waals surface area contributed by atoms with Crippen molar-refractivity contribution in [3.05, 3.63) is 17.8 Å². The Morgan fingerprint density at radius 1 is 1.67 bits per heavy atom. The molecule has 0 bridgehead atoms. The summed E-state index contributed by atoms with van der Waals surface area (Å²) in [6.45, 7) is 3.18. The monoisotopic (exact) mass is 207 g/mol. The van der Waals surface area contributed by atoms with E-state index in [4.69, 9.17) is 5.73 Å². The van der Waals surface area contributed by atoms with Crippen LogP contribution in [0.15, 0.2) is 12.3 Å². The van der Waals surface area contributed by atoms with Gasteiger partial charge in [-0.3, -0.25) is 0 Å². The minimum absolute atomic E-state index is 0.200. The second kappa shape index (κ2) is 4.06. The minimum atomic E-state index is 0.200. The third-order valence-corrected chi connectivity index (χ3v) is 2.93. The third kappa shape index (κ3) is 1.90. The molecule has 0 amide bonds. The molecule has 2 rings (SSSR count). The summed E-state index contributed by atoms with van der Waals surface area (Å²) in [6, 6.07) is 2.15. The highest BCUT2D eigenvalue weighted by Crippen LogP contribution is 2.26. The van der Waals surface area contributed by atoms with Crippen molar-refractivity contribution >= 4 is 11.5 Å². The van der Waals surface area contributed by atoms with Gasteiger partial charge in [0.1, 0.15) is 5.82 Å². The van der Waals surface area contributed by atoms with Crippen LogP contribution in [0.4, 0.5) is 11.5 Å². The highest BCUT2D eigenvalue weighted by atomic mass is 16.3. The number of hydrogen-bond acceptors (Lipinski definition) is 4. The topological polar surface area (TPSA) is 62.4 Å². The Balaban J connectivity index is 2.28. The molecule has 0 spiro atoms. The molecule has 1 fully saturated rings. The van der Waals surface area contributed by atoms with Crippen LogP contribution >= 0.6 is 0 Å². The lowest BCUT2D eigenvalue weighted by molar-refractivity contribution is 0.266. The number of aromatic nitrogens is 1. The van der Waals surface area contributed by atoms with Crippen LogP contribution in [0.25, 0.3) is 0 Å². The van der Waals surface area contributed by atoms with Crippen LogP contribution in [0, 0.1) is 6.92 Å². The summed E-state index contributed by atoms with van der Waals surface area (Å²) in [5.41, 5.74) is 7.43. The van der Waals surface area contributed by atoms with E-state index in [1.807, 2.05) is 13.0 Å². The Morgan fingerprint density at radius 2 is 2.47 bits per heavy atom. The predicted molar refractivity (Wildman–Crippen MR) is 60.8 cm³/mol. The highest BCUT2D eigenvalue weighted by Gasteiger charge is 2.25. The molecule has 0 radical (unpaired) electrons. The Labute approximate surface area is 89.7 Å². The zero-order chi connectivity index (χ0) is 10.8. The maximum Gasteiger partial charge on any atom is 0.131 e. The molecule has 1 unspecified atom stereocenters. The van der Waals surface area contributed by atoms with Crippen molar-refractivity contribution in [2.75, 3.05) is 23.8 Å². The van der Waals surface area contributed by atoms with Gasteiger partial charge in [-0.15, -0.1) is 0 Å². The van der Waals surface area contributed by atoms with Crippen LogP contribution in [0.2, 0.25) is 0 Å². The zero-order valence-electron chi connectivity index (χ0n) is 8.98. The average Bonchev–Trinajstić information content (AvgIpc) is 2.65. The molecule has 4 heteroatoms. The van der Waals surface area contributed by atoms with Crippen LogP contribution in [0.5, 0.6) is 0 Å². The Kier molecular flexibility index (Phi) is 2.77. The molecule has 1 aromatic rings. The van der Waals surface area contributed by atoms with Crippen LogP contribution in [-0.2, 0) is 0 Å². The summed E-state index contributed by atoms with van der Waals surface area (Å²) >= 11 is 0. The van der Waals surface area contributed by atoms with Gasteiger partial charge >= 0.3 is 0 Å². The molecule has 1 aromatic heterocycles. The van der Waals surface area contributed by atoms with E-state index < -0.39 is 0 Å². The number of nitrogens with zero attached hydrogens (tertiary/aromatic N) is 2. The first-order valence-corrected chi connectivity index (χ1v) is 5.32. The number of rotatable bonds is 2. The maximum absolute atomic E-state index is 9.25. The summed E-state index contributed by atoms with van der Waals surface area (Å²) in [4.78, 5) is 6.52. The fourth-order valence-corrected chi connectivity index (χ4v) is 2.19. The average molecular weight is 207 g/mol. The number of hydrogen-bond donors (Lipinski definition) is 2. The number of nitrogen functional groups attached to an aromatic ring is 1. The van der Waals surface area contributed by atoms with Crippen molar-refractivity contribution < 1.29 is 5.11 Å². The van der Waals surface area contributed by atoms with Crippen molar-refractivity contribution in [3.63, 3.8) is 0 Å². The SMILES string of the molecule is Cc1cc(N)cnc1N1CCCC1CO. The van der Waals surface area contributed by atoms with E-state index in [-0.39, 0.29) is 12.6 Å². The van der Waals surface area contributed by atoms with Gasteiger partial charge in [0.25, 0.3) is 0 Å². The molecule has 1 aliphatic heterocycles. The maximum atomic E-state index is 9.25. The van der Waals surface area contributed by atoms with Crippen LogP contribution in [-0.4, -0.2) is 29.3 Å². The number of aryl methyl sites for hydroxylation is 1. The van der Waals surface area contributed by atoms with E-state index in [1.165, 1.54) is 0 Å². The summed E-state index contributed by atoms with van der Waals surface area (Å²) in [6.07, 6.45) is 3.84. The largest absolute Gasteiger partial charge is 0.397 e. The quantitative estimate of drug-likeness (QED) is 0.757. The van der Waals surface area contributed by atoms with E-state index in [2.05, 4.69) is 9.88 Å². The van der Waals surface area contributed by atoms with Gasteiger partial charge in [-0.25, -0.2) is 4.98 Å². The fraction of sp³-hybridized carbons (Fsp3) is 0.545. The number of aliphatic hydroxyl groups is 1. The van der Waals surface area contributed by atoms with Gasteiger partial charge < -0.3 is 15.7 Å². The summed E-state index contributed by atoms with van der Waals surface area (Å²) in [5.74, 6) is 0.959.